The Balaban J connectivity index is 1.36. The summed E-state index contributed by atoms with van der Waals surface area (Å²) in [6.07, 6.45) is 3.28. The predicted octanol–water partition coefficient (Wildman–Crippen LogP) is 3.06. The van der Waals surface area contributed by atoms with E-state index in [0.29, 0.717) is 24.8 Å². The van der Waals surface area contributed by atoms with Gasteiger partial charge in [-0.15, -0.1) is 0 Å². The summed E-state index contributed by atoms with van der Waals surface area (Å²) >= 11 is 0. The van der Waals surface area contributed by atoms with Gasteiger partial charge in [-0.1, -0.05) is 12.1 Å². The third-order valence-corrected chi connectivity index (χ3v) is 5.61. The van der Waals surface area contributed by atoms with Gasteiger partial charge in [-0.3, -0.25) is 9.59 Å². The first-order valence-electron chi connectivity index (χ1n) is 10.1. The number of carbonyl (C=O) groups excluding carboxylic acids is 1. The molecule has 1 aromatic carbocycles. The molecule has 1 saturated carbocycles. The Morgan fingerprint density at radius 2 is 1.89 bits per heavy atom. The smallest absolute Gasteiger partial charge is 0.267 e. The Kier molecular flexibility index (Phi) is 5.20. The lowest BCUT2D eigenvalue weighted by Gasteiger charge is -2.33. The summed E-state index contributed by atoms with van der Waals surface area (Å²) in [5.74, 6) is 1.23. The highest BCUT2D eigenvalue weighted by Gasteiger charge is 2.30. The van der Waals surface area contributed by atoms with Crippen molar-refractivity contribution in [2.24, 2.45) is 0 Å². The van der Waals surface area contributed by atoms with Gasteiger partial charge in [-0.25, -0.2) is 4.68 Å². The Labute approximate surface area is 165 Å². The van der Waals surface area contributed by atoms with Crippen LogP contribution in [0.15, 0.2) is 41.2 Å². The minimum Gasteiger partial charge on any atom is -0.481 e. The number of aromatic nitrogens is 2. The number of hydrogen-bond donors (Lipinski definition) is 0. The molecule has 0 bridgehead atoms. The van der Waals surface area contributed by atoms with Crippen LogP contribution in [-0.4, -0.2) is 39.8 Å². The molecule has 0 radical (unpaired) electrons. The Hall–Kier alpha value is -2.63. The van der Waals surface area contributed by atoms with Crippen LogP contribution in [-0.2, 0) is 4.79 Å². The third-order valence-electron chi connectivity index (χ3n) is 5.61. The topological polar surface area (TPSA) is 64.4 Å². The van der Waals surface area contributed by atoms with Crippen LogP contribution < -0.4 is 10.3 Å². The number of ether oxygens (including phenoxy) is 1. The number of benzene rings is 1. The summed E-state index contributed by atoms with van der Waals surface area (Å²) in [5.41, 5.74) is 2.08. The highest BCUT2D eigenvalue weighted by molar-refractivity contribution is 5.81. The van der Waals surface area contributed by atoms with Crippen LogP contribution in [0.5, 0.6) is 5.75 Å². The first-order valence-corrected chi connectivity index (χ1v) is 10.1. The van der Waals surface area contributed by atoms with Gasteiger partial charge in [-0.05, 0) is 63.3 Å². The molecule has 1 atom stereocenters. The number of carbonyl (C=O) groups is 1. The zero-order valence-electron chi connectivity index (χ0n) is 16.5. The van der Waals surface area contributed by atoms with Crippen molar-refractivity contribution in [2.45, 2.75) is 57.6 Å². The molecule has 0 N–H and O–H groups in total. The molecule has 4 rings (SSSR count). The maximum atomic E-state index is 12.8. The van der Waals surface area contributed by atoms with Gasteiger partial charge in [-0.2, -0.15) is 5.10 Å². The second kappa shape index (κ2) is 7.78. The van der Waals surface area contributed by atoms with E-state index in [0.717, 1.165) is 36.9 Å². The summed E-state index contributed by atoms with van der Waals surface area (Å²) in [5, 5.41) is 4.60. The van der Waals surface area contributed by atoms with Gasteiger partial charge in [0.25, 0.3) is 11.5 Å². The van der Waals surface area contributed by atoms with Crippen LogP contribution in [0.3, 0.4) is 0 Å². The fourth-order valence-electron chi connectivity index (χ4n) is 3.83. The van der Waals surface area contributed by atoms with Gasteiger partial charge in [0.1, 0.15) is 5.75 Å². The van der Waals surface area contributed by atoms with Gasteiger partial charge >= 0.3 is 0 Å². The highest BCUT2D eigenvalue weighted by atomic mass is 16.5. The maximum Gasteiger partial charge on any atom is 0.267 e. The minimum atomic E-state index is -0.530. The molecule has 1 unspecified atom stereocenters. The van der Waals surface area contributed by atoms with E-state index in [4.69, 9.17) is 4.74 Å². The van der Waals surface area contributed by atoms with Crippen molar-refractivity contribution in [3.63, 3.8) is 0 Å². The lowest BCUT2D eigenvalue weighted by atomic mass is 10.0. The van der Waals surface area contributed by atoms with Crippen LogP contribution >= 0.6 is 0 Å². The number of amides is 1. The summed E-state index contributed by atoms with van der Waals surface area (Å²) in [6, 6.07) is 11.3. The van der Waals surface area contributed by atoms with E-state index < -0.39 is 6.10 Å². The molecular formula is C22H27N3O3. The van der Waals surface area contributed by atoms with Crippen LogP contribution in [0.25, 0.3) is 0 Å². The van der Waals surface area contributed by atoms with E-state index in [1.165, 1.54) is 0 Å². The van der Waals surface area contributed by atoms with Crippen LogP contribution in [0.4, 0.5) is 0 Å². The molecule has 1 aromatic heterocycles. The van der Waals surface area contributed by atoms with Crippen LogP contribution in [0, 0.1) is 6.92 Å². The number of aryl methyl sites for hydroxylation is 1. The number of hydrogen-bond acceptors (Lipinski definition) is 4. The maximum absolute atomic E-state index is 12.8. The monoisotopic (exact) mass is 381 g/mol. The van der Waals surface area contributed by atoms with E-state index in [1.54, 1.807) is 17.7 Å². The number of nitrogens with zero attached hydrogens (tertiary/aromatic N) is 3. The predicted molar refractivity (Wildman–Crippen MR) is 107 cm³/mol. The Bertz CT molecular complexity index is 911. The molecule has 2 heterocycles. The number of piperidine rings is 1. The molecule has 1 saturated heterocycles. The first kappa shape index (κ1) is 18.7. The van der Waals surface area contributed by atoms with E-state index in [-0.39, 0.29) is 17.5 Å². The van der Waals surface area contributed by atoms with E-state index in [9.17, 15) is 9.59 Å². The highest BCUT2D eigenvalue weighted by Crippen LogP contribution is 2.38. The summed E-state index contributed by atoms with van der Waals surface area (Å²) in [6.45, 7) is 5.03. The molecule has 148 valence electrons. The number of rotatable bonds is 5. The number of likely N-dealkylation sites (tertiary alicyclic amines) is 1. The molecule has 2 aliphatic rings. The minimum absolute atomic E-state index is 0.00741. The van der Waals surface area contributed by atoms with E-state index in [2.05, 4.69) is 5.10 Å². The van der Waals surface area contributed by atoms with Gasteiger partial charge < -0.3 is 9.64 Å². The van der Waals surface area contributed by atoms with Crippen LogP contribution in [0.2, 0.25) is 0 Å². The standard InChI is InChI=1S/C22H27N3O3/c1-15-4-3-5-19(14-15)28-16(2)22(27)24-12-10-18(11-13-24)25-21(26)9-8-20(23-25)17-6-7-17/h3-5,8-9,14,16-18H,6-7,10-13H2,1-2H3. The van der Waals surface area contributed by atoms with Crippen molar-refractivity contribution in [1.29, 1.82) is 0 Å². The average Bonchev–Trinajstić information content (AvgIpc) is 3.53. The molecular weight excluding hydrogens is 354 g/mol. The van der Waals surface area contributed by atoms with Crippen molar-refractivity contribution < 1.29 is 9.53 Å². The molecule has 1 aliphatic carbocycles. The van der Waals surface area contributed by atoms with Crippen molar-refractivity contribution in [3.05, 3.63) is 58.0 Å². The summed E-state index contributed by atoms with van der Waals surface area (Å²) in [4.78, 5) is 26.9. The summed E-state index contributed by atoms with van der Waals surface area (Å²) < 4.78 is 7.47. The van der Waals surface area contributed by atoms with Gasteiger partial charge in [0.2, 0.25) is 0 Å². The lowest BCUT2D eigenvalue weighted by Crippen LogP contribution is -2.46. The van der Waals surface area contributed by atoms with E-state index >= 15 is 0 Å². The zero-order valence-corrected chi connectivity index (χ0v) is 16.5. The second-order valence-electron chi connectivity index (χ2n) is 7.95. The molecule has 1 aliphatic heterocycles. The zero-order chi connectivity index (χ0) is 19.7. The van der Waals surface area contributed by atoms with Crippen LogP contribution in [0.1, 0.15) is 55.8 Å². The molecule has 6 nitrogen and oxygen atoms in total. The van der Waals surface area contributed by atoms with Gasteiger partial charge in [0, 0.05) is 25.1 Å². The lowest BCUT2D eigenvalue weighted by molar-refractivity contribution is -0.139. The fraction of sp³-hybridized carbons (Fsp3) is 0.500. The third kappa shape index (κ3) is 4.11. The molecule has 28 heavy (non-hydrogen) atoms. The Morgan fingerprint density at radius 3 is 2.57 bits per heavy atom. The normalized spacial score (nSPS) is 18.7. The first-order chi connectivity index (χ1) is 13.5. The second-order valence-corrected chi connectivity index (χ2v) is 7.95. The SMILES string of the molecule is Cc1cccc(OC(C)C(=O)N2CCC(n3nc(C4CC4)ccc3=O)CC2)c1. The van der Waals surface area contributed by atoms with Crippen molar-refractivity contribution >= 4 is 5.91 Å². The van der Waals surface area contributed by atoms with Crippen molar-refractivity contribution in [3.8, 4) is 5.75 Å². The largest absolute Gasteiger partial charge is 0.481 e. The molecule has 1 amide bonds. The quantitative estimate of drug-likeness (QED) is 0.798. The van der Waals surface area contributed by atoms with Crippen molar-refractivity contribution in [1.82, 2.24) is 14.7 Å². The van der Waals surface area contributed by atoms with Gasteiger partial charge in [0.05, 0.1) is 11.7 Å². The average molecular weight is 381 g/mol. The Morgan fingerprint density at radius 1 is 1.14 bits per heavy atom. The molecule has 2 fully saturated rings. The van der Waals surface area contributed by atoms with E-state index in [1.807, 2.05) is 42.2 Å². The fourth-order valence-corrected chi connectivity index (χ4v) is 3.83. The molecule has 0 spiro atoms. The van der Waals surface area contributed by atoms with Gasteiger partial charge in [0.15, 0.2) is 6.10 Å². The molecule has 6 heteroatoms. The summed E-state index contributed by atoms with van der Waals surface area (Å²) in [7, 11) is 0. The van der Waals surface area contributed by atoms with Crippen molar-refractivity contribution in [2.75, 3.05) is 13.1 Å². The molecule has 2 aromatic rings.